The first-order valence-corrected chi connectivity index (χ1v) is 11.9. The Morgan fingerprint density at radius 2 is 1.84 bits per heavy atom. The third-order valence-electron chi connectivity index (χ3n) is 6.22. The van der Waals surface area contributed by atoms with Gasteiger partial charge in [-0.15, -0.1) is 0 Å². The van der Waals surface area contributed by atoms with Crippen molar-refractivity contribution in [1.29, 1.82) is 0 Å². The number of piperazine rings is 1. The molecule has 1 aromatic carbocycles. The van der Waals surface area contributed by atoms with Crippen molar-refractivity contribution >= 4 is 28.4 Å². The molecule has 0 aliphatic carbocycles. The number of hydrogen-bond acceptors (Lipinski definition) is 6. The molecule has 0 radical (unpaired) electrons. The van der Waals surface area contributed by atoms with Gasteiger partial charge in [-0.3, -0.25) is 23.9 Å². The average molecular weight is 527 g/mol. The van der Waals surface area contributed by atoms with Gasteiger partial charge in [0.1, 0.15) is 12.2 Å². The summed E-state index contributed by atoms with van der Waals surface area (Å²) >= 11 is 0. The number of halogens is 3. The fourth-order valence-corrected chi connectivity index (χ4v) is 4.35. The molecule has 198 valence electrons. The first-order valence-electron chi connectivity index (χ1n) is 11.9. The molecule has 1 aliphatic rings. The molecule has 10 nitrogen and oxygen atoms in total. The van der Waals surface area contributed by atoms with Gasteiger partial charge in [0.2, 0.25) is 5.91 Å². The van der Waals surface area contributed by atoms with Crippen LogP contribution in [0.4, 0.5) is 18.9 Å². The van der Waals surface area contributed by atoms with E-state index in [0.29, 0.717) is 16.9 Å². The zero-order valence-electron chi connectivity index (χ0n) is 20.5. The number of nitrogens with zero attached hydrogens (tertiary/aromatic N) is 7. The molecule has 0 saturated carbocycles. The monoisotopic (exact) mass is 526 g/mol. The number of fused-ring (bicyclic) bond motifs is 1. The Kier molecular flexibility index (Phi) is 6.85. The zero-order valence-corrected chi connectivity index (χ0v) is 20.5. The molecule has 4 aromatic rings. The van der Waals surface area contributed by atoms with Crippen LogP contribution in [0.25, 0.3) is 22.2 Å². The number of rotatable bonds is 6. The highest BCUT2D eigenvalue weighted by Gasteiger charge is 2.32. The first-order chi connectivity index (χ1) is 18.1. The molecule has 0 atom stereocenters. The number of anilines is 1. The van der Waals surface area contributed by atoms with E-state index in [2.05, 4.69) is 20.5 Å². The van der Waals surface area contributed by atoms with Crippen LogP contribution in [0.5, 0.6) is 0 Å². The Morgan fingerprint density at radius 3 is 2.55 bits per heavy atom. The van der Waals surface area contributed by atoms with E-state index in [1.807, 2.05) is 6.20 Å². The number of alkyl halides is 3. The fourth-order valence-electron chi connectivity index (χ4n) is 4.35. The largest absolute Gasteiger partial charge is 0.401 e. The molecular weight excluding hydrogens is 501 g/mol. The van der Waals surface area contributed by atoms with Crippen LogP contribution in [0.2, 0.25) is 0 Å². The second kappa shape index (κ2) is 10.2. The van der Waals surface area contributed by atoms with Crippen molar-refractivity contribution in [3.8, 4) is 11.3 Å². The molecule has 13 heteroatoms. The maximum atomic E-state index is 12.8. The molecule has 1 fully saturated rings. The molecule has 2 amide bonds. The number of pyridine rings is 1. The van der Waals surface area contributed by atoms with E-state index in [1.54, 1.807) is 65.4 Å². The van der Waals surface area contributed by atoms with Gasteiger partial charge in [-0.2, -0.15) is 23.4 Å². The Balaban J connectivity index is 1.21. The topological polar surface area (TPSA) is 101 Å². The summed E-state index contributed by atoms with van der Waals surface area (Å²) in [6.45, 7) is -0.167. The van der Waals surface area contributed by atoms with Crippen LogP contribution in [0.15, 0.2) is 55.0 Å². The van der Waals surface area contributed by atoms with Gasteiger partial charge in [0.25, 0.3) is 5.91 Å². The summed E-state index contributed by atoms with van der Waals surface area (Å²) in [4.78, 5) is 32.8. The minimum atomic E-state index is -4.25. The van der Waals surface area contributed by atoms with Crippen LogP contribution >= 0.6 is 0 Å². The Hall–Kier alpha value is -4.26. The summed E-state index contributed by atoms with van der Waals surface area (Å²) in [6.07, 6.45) is 0.937. The summed E-state index contributed by atoms with van der Waals surface area (Å²) in [5.74, 6) is -0.583. The number of hydrogen-bond donors (Lipinski definition) is 1. The summed E-state index contributed by atoms with van der Waals surface area (Å²) in [7, 11) is 1.80. The lowest BCUT2D eigenvalue weighted by atomic mass is 10.2. The van der Waals surface area contributed by atoms with Crippen LogP contribution in [-0.4, -0.2) is 85.1 Å². The molecule has 4 heterocycles. The van der Waals surface area contributed by atoms with Crippen LogP contribution in [0.1, 0.15) is 10.5 Å². The second-order valence-corrected chi connectivity index (χ2v) is 9.14. The van der Waals surface area contributed by atoms with Gasteiger partial charge in [-0.1, -0.05) is 6.07 Å². The normalized spacial score (nSPS) is 14.7. The minimum absolute atomic E-state index is 0.0271. The Labute approximate surface area is 215 Å². The molecule has 38 heavy (non-hydrogen) atoms. The highest BCUT2D eigenvalue weighted by Crippen LogP contribution is 2.21. The summed E-state index contributed by atoms with van der Waals surface area (Å²) in [6, 6.07) is 10.4. The van der Waals surface area contributed by atoms with E-state index < -0.39 is 12.7 Å². The minimum Gasteiger partial charge on any atom is -0.339 e. The number of nitrogens with one attached hydrogen (secondary N) is 1. The van der Waals surface area contributed by atoms with Gasteiger partial charge in [0.15, 0.2) is 0 Å². The predicted molar refractivity (Wildman–Crippen MR) is 133 cm³/mol. The van der Waals surface area contributed by atoms with Crippen LogP contribution in [0.3, 0.4) is 0 Å². The van der Waals surface area contributed by atoms with Crippen molar-refractivity contribution in [2.45, 2.75) is 12.7 Å². The third kappa shape index (κ3) is 5.99. The lowest BCUT2D eigenvalue weighted by Gasteiger charge is -2.34. The van der Waals surface area contributed by atoms with Gasteiger partial charge in [0.05, 0.1) is 24.0 Å². The fraction of sp³-hybridized carbons (Fsp3) is 0.320. The number of aryl methyl sites for hydroxylation is 1. The van der Waals surface area contributed by atoms with Gasteiger partial charge < -0.3 is 10.2 Å². The van der Waals surface area contributed by atoms with Crippen molar-refractivity contribution in [3.05, 3.63) is 60.7 Å². The lowest BCUT2D eigenvalue weighted by molar-refractivity contribution is -0.151. The van der Waals surface area contributed by atoms with Crippen molar-refractivity contribution in [3.63, 3.8) is 0 Å². The molecule has 1 aliphatic heterocycles. The standard InChI is InChI=1S/C25H25F3N8O2/c1-33-13-18(12-29-33)20-3-2-4-22(31-20)24(38)30-19-5-6-21-17(11-19)14-36(32-21)15-23(37)35-9-7-34(8-10-35)16-25(26,27)28/h2-6,11-14H,7-10,15-16H2,1H3,(H,30,38). The first kappa shape index (κ1) is 25.4. The van der Waals surface area contributed by atoms with Crippen LogP contribution in [0, 0.1) is 0 Å². The summed E-state index contributed by atoms with van der Waals surface area (Å²) < 4.78 is 40.9. The number of aromatic nitrogens is 5. The third-order valence-corrected chi connectivity index (χ3v) is 6.22. The zero-order chi connectivity index (χ0) is 26.9. The van der Waals surface area contributed by atoms with Gasteiger partial charge in [0, 0.05) is 62.3 Å². The highest BCUT2D eigenvalue weighted by molar-refractivity contribution is 6.04. The second-order valence-electron chi connectivity index (χ2n) is 9.14. The molecule has 3 aromatic heterocycles. The van der Waals surface area contributed by atoms with Crippen molar-refractivity contribution < 1.29 is 22.8 Å². The Morgan fingerprint density at radius 1 is 1.05 bits per heavy atom. The van der Waals surface area contributed by atoms with E-state index in [4.69, 9.17) is 0 Å². The molecule has 1 N–H and O–H groups in total. The van der Waals surface area contributed by atoms with Gasteiger partial charge >= 0.3 is 6.18 Å². The molecule has 5 rings (SSSR count). The Bertz CT molecular complexity index is 1470. The highest BCUT2D eigenvalue weighted by atomic mass is 19.4. The lowest BCUT2D eigenvalue weighted by Crippen LogP contribution is -2.51. The van der Waals surface area contributed by atoms with E-state index in [1.165, 1.54) is 9.58 Å². The van der Waals surface area contributed by atoms with Crippen molar-refractivity contribution in [2.24, 2.45) is 7.05 Å². The van der Waals surface area contributed by atoms with Crippen LogP contribution in [-0.2, 0) is 18.4 Å². The van der Waals surface area contributed by atoms with E-state index in [-0.39, 0.29) is 50.2 Å². The van der Waals surface area contributed by atoms with Gasteiger partial charge in [-0.05, 0) is 30.3 Å². The van der Waals surface area contributed by atoms with E-state index in [9.17, 15) is 22.8 Å². The summed E-state index contributed by atoms with van der Waals surface area (Å²) in [5, 5.41) is 12.1. The number of benzene rings is 1. The maximum absolute atomic E-state index is 12.8. The smallest absolute Gasteiger partial charge is 0.339 e. The predicted octanol–water partition coefficient (Wildman–Crippen LogP) is 2.79. The van der Waals surface area contributed by atoms with Crippen molar-refractivity contribution in [1.82, 2.24) is 34.3 Å². The number of carbonyl (C=O) groups is 2. The summed E-state index contributed by atoms with van der Waals surface area (Å²) in [5.41, 5.74) is 2.87. The molecule has 0 unspecified atom stereocenters. The average Bonchev–Trinajstić information content (AvgIpc) is 3.48. The van der Waals surface area contributed by atoms with Crippen LogP contribution < -0.4 is 5.32 Å². The maximum Gasteiger partial charge on any atom is 0.401 e. The molecule has 1 saturated heterocycles. The van der Waals surface area contributed by atoms with E-state index >= 15 is 0 Å². The van der Waals surface area contributed by atoms with E-state index in [0.717, 1.165) is 10.9 Å². The molecule has 0 spiro atoms. The molecule has 0 bridgehead atoms. The quantitative estimate of drug-likeness (QED) is 0.415. The van der Waals surface area contributed by atoms with Gasteiger partial charge in [-0.25, -0.2) is 4.98 Å². The molecular formula is C25H25F3N8O2. The van der Waals surface area contributed by atoms with Crippen molar-refractivity contribution in [2.75, 3.05) is 38.0 Å². The number of carbonyl (C=O) groups excluding carboxylic acids is 2. The SMILES string of the molecule is Cn1cc(-c2cccc(C(=O)Nc3ccc4nn(CC(=O)N5CCN(CC(F)(F)F)CC5)cc4c3)n2)cn1. The number of amides is 2.